The molecule has 3 aromatic carbocycles. The first-order chi connectivity index (χ1) is 30.5. The molecule has 12 nitrogen and oxygen atoms in total. The fourth-order valence-corrected chi connectivity index (χ4v) is 10.3. The van der Waals surface area contributed by atoms with E-state index in [4.69, 9.17) is 18.9 Å². The number of benzene rings is 3. The molecule has 3 aromatic rings. The third-order valence-corrected chi connectivity index (χ3v) is 15.5. The van der Waals surface area contributed by atoms with Crippen molar-refractivity contribution in [1.29, 1.82) is 0 Å². The third-order valence-electron chi connectivity index (χ3n) is 12.7. The minimum atomic E-state index is -0.132. The van der Waals surface area contributed by atoms with E-state index in [9.17, 15) is 14.4 Å². The van der Waals surface area contributed by atoms with Crippen LogP contribution in [0.5, 0.6) is 23.0 Å². The molecule has 346 valence electrons. The van der Waals surface area contributed by atoms with Crippen LogP contribution >= 0.6 is 21.6 Å². The van der Waals surface area contributed by atoms with Crippen molar-refractivity contribution in [3.63, 3.8) is 0 Å². The summed E-state index contributed by atoms with van der Waals surface area (Å²) in [4.78, 5) is 47.8. The van der Waals surface area contributed by atoms with Gasteiger partial charge in [0.1, 0.15) is 13.2 Å². The topological polar surface area (TPSA) is 131 Å². The van der Waals surface area contributed by atoms with Gasteiger partial charge in [0, 0.05) is 61.9 Å². The highest BCUT2D eigenvalue weighted by atomic mass is 33.1. The van der Waals surface area contributed by atoms with Crippen LogP contribution in [-0.2, 0) is 18.0 Å². The minimum absolute atomic E-state index is 0.0760. The number of hydrogen-bond acceptors (Lipinski definition) is 11. The molecule has 3 heterocycles. The molecule has 0 aromatic heterocycles. The van der Waals surface area contributed by atoms with Gasteiger partial charge in [-0.25, -0.2) is 0 Å². The van der Waals surface area contributed by atoms with E-state index in [2.05, 4.69) is 68.7 Å². The Labute approximate surface area is 388 Å². The molecule has 3 aliphatic heterocycles. The summed E-state index contributed by atoms with van der Waals surface area (Å²) in [5, 5.41) is 6.08. The van der Waals surface area contributed by atoms with Crippen LogP contribution in [0.4, 0.5) is 17.1 Å². The molecular weight excluding hydrogens is 847 g/mol. The molecule has 64 heavy (non-hydrogen) atoms. The van der Waals surface area contributed by atoms with Gasteiger partial charge in [-0.05, 0) is 100 Å². The SMILES string of the molecule is C/C=C1\CCN(C(=O)c2cc(OC)c(OCc3cc(COc4cc5c(cc4OC)C(=O)N4C/C(=C/C)CC4C=N5)cc(NC(=O)CC)c3)cc2NC)C1.CCC(C)(C)C(C)(C)SSC. The minimum Gasteiger partial charge on any atom is -0.493 e. The lowest BCUT2D eigenvalue weighted by molar-refractivity contribution is -0.115. The average molecular weight is 914 g/mol. The molecule has 2 saturated heterocycles. The Hall–Kier alpha value is -5.08. The number of amides is 3. The number of likely N-dealkylation sites (tertiary alicyclic amines) is 1. The number of nitrogens with zero attached hydrogens (tertiary/aromatic N) is 3. The Morgan fingerprint density at radius 2 is 1.52 bits per heavy atom. The van der Waals surface area contributed by atoms with Crippen LogP contribution in [0.25, 0.3) is 0 Å². The van der Waals surface area contributed by atoms with E-state index in [1.165, 1.54) is 24.7 Å². The zero-order chi connectivity index (χ0) is 46.8. The summed E-state index contributed by atoms with van der Waals surface area (Å²) >= 11 is 0. The van der Waals surface area contributed by atoms with Gasteiger partial charge in [0.05, 0.1) is 42.8 Å². The number of fused-ring (bicyclic) bond motifs is 2. The molecule has 0 radical (unpaired) electrons. The fraction of sp³-hybridized carbons (Fsp3) is 0.480. The normalized spacial score (nSPS) is 17.1. The molecule has 3 aliphatic rings. The number of nitrogens with one attached hydrogen (secondary N) is 2. The number of methoxy groups -OCH3 is 2. The number of hydrogen-bond donors (Lipinski definition) is 2. The summed E-state index contributed by atoms with van der Waals surface area (Å²) in [5.41, 5.74) is 7.12. The predicted molar refractivity (Wildman–Crippen MR) is 264 cm³/mol. The number of aliphatic imine (C=N–C) groups is 1. The Balaban J connectivity index is 0.000000619. The molecule has 1 unspecified atom stereocenters. The number of allylic oxidation sites excluding steroid dienone is 2. The van der Waals surface area contributed by atoms with Crippen molar-refractivity contribution in [2.75, 3.05) is 57.8 Å². The van der Waals surface area contributed by atoms with Crippen molar-refractivity contribution in [2.24, 2.45) is 10.4 Å². The van der Waals surface area contributed by atoms with Gasteiger partial charge in [0.25, 0.3) is 11.8 Å². The first-order valence-corrected chi connectivity index (χ1v) is 24.6. The zero-order valence-corrected chi connectivity index (χ0v) is 41.4. The molecule has 1 atom stereocenters. The number of carbonyl (C=O) groups excluding carboxylic acids is 3. The van der Waals surface area contributed by atoms with E-state index in [1.807, 2.05) is 69.6 Å². The highest BCUT2D eigenvalue weighted by Gasteiger charge is 2.36. The van der Waals surface area contributed by atoms with Crippen molar-refractivity contribution in [1.82, 2.24) is 9.80 Å². The third kappa shape index (κ3) is 11.8. The van der Waals surface area contributed by atoms with Gasteiger partial charge in [-0.3, -0.25) is 19.4 Å². The van der Waals surface area contributed by atoms with Crippen molar-refractivity contribution in [3.8, 4) is 23.0 Å². The van der Waals surface area contributed by atoms with Crippen molar-refractivity contribution in [2.45, 2.75) is 105 Å². The van der Waals surface area contributed by atoms with Crippen molar-refractivity contribution in [3.05, 3.63) is 88.0 Å². The standard InChI is InChI=1S/C41H47N5O7.C9H20S2/c1-7-25-10-11-45(21-25)40(48)31-16-35(50-5)37(18-33(31)42-4)52-23-27-12-28(14-29(13-27)44-39(47)9-3)24-53-38-19-34-32(17-36(38)51-6)41(49)46-22-26(8-2)15-30(46)20-43-34;1-7-8(2,3)9(4,5)11-10-6/h7-8,12-14,16-20,30,42H,9-11,15,21-24H2,1-6H3,(H,44,47);7H2,1-6H3/b25-7+,26-8+;. The maximum absolute atomic E-state index is 13.5. The smallest absolute Gasteiger partial charge is 0.257 e. The number of rotatable bonds is 16. The first kappa shape index (κ1) is 49.9. The Morgan fingerprint density at radius 3 is 2.08 bits per heavy atom. The van der Waals surface area contributed by atoms with Gasteiger partial charge in [-0.1, -0.05) is 72.6 Å². The van der Waals surface area contributed by atoms with Gasteiger partial charge in [-0.15, -0.1) is 0 Å². The number of ether oxygens (including phenoxy) is 4. The quantitative estimate of drug-likeness (QED) is 0.106. The second-order valence-electron chi connectivity index (χ2n) is 17.2. The maximum atomic E-state index is 13.5. The predicted octanol–water partition coefficient (Wildman–Crippen LogP) is 11.1. The van der Waals surface area contributed by atoms with Gasteiger partial charge in [-0.2, -0.15) is 0 Å². The maximum Gasteiger partial charge on any atom is 0.257 e. The lowest BCUT2D eigenvalue weighted by Crippen LogP contribution is -2.35. The molecule has 0 bridgehead atoms. The van der Waals surface area contributed by atoms with Crippen molar-refractivity contribution >= 4 is 62.6 Å². The molecular formula is C50H67N5O7S2. The molecule has 2 fully saturated rings. The fourth-order valence-electron chi connectivity index (χ4n) is 7.56. The molecule has 6 rings (SSSR count). The summed E-state index contributed by atoms with van der Waals surface area (Å²) in [6, 6.07) is 12.4. The summed E-state index contributed by atoms with van der Waals surface area (Å²) in [6.07, 6.45) is 11.3. The van der Waals surface area contributed by atoms with Crippen LogP contribution in [0.2, 0.25) is 0 Å². The zero-order valence-electron chi connectivity index (χ0n) is 39.7. The summed E-state index contributed by atoms with van der Waals surface area (Å²) < 4.78 is 24.3. The van der Waals surface area contributed by atoms with Gasteiger partial charge >= 0.3 is 0 Å². The van der Waals surface area contributed by atoms with E-state index in [0.717, 1.165) is 24.0 Å². The molecule has 0 aliphatic carbocycles. The van der Waals surface area contributed by atoms with Gasteiger partial charge < -0.3 is 39.4 Å². The summed E-state index contributed by atoms with van der Waals surface area (Å²) in [5.74, 6) is 1.43. The van der Waals surface area contributed by atoms with Crippen LogP contribution in [0.15, 0.2) is 70.8 Å². The Kier molecular flexibility index (Phi) is 17.3. The average Bonchev–Trinajstić information content (AvgIpc) is 3.94. The second-order valence-corrected chi connectivity index (χ2v) is 20.2. The molecule has 14 heteroatoms. The van der Waals surface area contributed by atoms with Crippen LogP contribution < -0.4 is 29.6 Å². The highest BCUT2D eigenvalue weighted by molar-refractivity contribution is 8.77. The monoisotopic (exact) mass is 913 g/mol. The van der Waals surface area contributed by atoms with E-state index in [1.54, 1.807) is 45.3 Å². The van der Waals surface area contributed by atoms with Crippen LogP contribution in [-0.4, -0.2) is 91.7 Å². The molecule has 0 saturated carbocycles. The Morgan fingerprint density at radius 1 is 0.875 bits per heavy atom. The summed E-state index contributed by atoms with van der Waals surface area (Å²) in [7, 11) is 8.69. The largest absolute Gasteiger partial charge is 0.493 e. The van der Waals surface area contributed by atoms with E-state index < -0.39 is 0 Å². The van der Waals surface area contributed by atoms with Crippen LogP contribution in [0.3, 0.4) is 0 Å². The lowest BCUT2D eigenvalue weighted by Gasteiger charge is -2.39. The van der Waals surface area contributed by atoms with Crippen LogP contribution in [0, 0.1) is 5.41 Å². The molecule has 3 amide bonds. The van der Waals surface area contributed by atoms with Gasteiger partial charge in [0.15, 0.2) is 23.0 Å². The first-order valence-electron chi connectivity index (χ1n) is 22.0. The molecule has 0 spiro atoms. The highest BCUT2D eigenvalue weighted by Crippen LogP contribution is 2.48. The van der Waals surface area contributed by atoms with Gasteiger partial charge in [0.2, 0.25) is 5.91 Å². The Bertz CT molecular complexity index is 2270. The van der Waals surface area contributed by atoms with E-state index in [0.29, 0.717) is 87.4 Å². The van der Waals surface area contributed by atoms with E-state index >= 15 is 0 Å². The number of carbonyl (C=O) groups is 3. The van der Waals surface area contributed by atoms with Crippen molar-refractivity contribution < 1.29 is 33.3 Å². The van der Waals surface area contributed by atoms with E-state index in [-0.39, 0.29) is 37.0 Å². The molecule has 2 N–H and O–H groups in total. The summed E-state index contributed by atoms with van der Waals surface area (Å²) in [6.45, 7) is 19.5. The lowest BCUT2D eigenvalue weighted by atomic mass is 9.78. The van der Waals surface area contributed by atoms with Crippen LogP contribution in [0.1, 0.15) is 113 Å². The number of anilines is 2. The second kappa shape index (κ2) is 22.2.